The van der Waals surface area contributed by atoms with Crippen LogP contribution in [0, 0.1) is 0 Å². The fourth-order valence-corrected chi connectivity index (χ4v) is 9.40. The Kier molecular flexibility index (Phi) is 8.20. The molecular formula is C57H40N2. The van der Waals surface area contributed by atoms with Crippen molar-refractivity contribution in [3.05, 3.63) is 217 Å². The average molecular weight is 753 g/mol. The van der Waals surface area contributed by atoms with Crippen molar-refractivity contribution in [1.82, 2.24) is 9.97 Å². The highest BCUT2D eigenvalue weighted by Gasteiger charge is 2.38. The van der Waals surface area contributed by atoms with Gasteiger partial charge in [-0.3, -0.25) is 0 Å². The predicted molar refractivity (Wildman–Crippen MR) is 247 cm³/mol. The zero-order valence-corrected chi connectivity index (χ0v) is 33.0. The number of aromatic nitrogens is 2. The molecule has 9 aromatic carbocycles. The lowest BCUT2D eigenvalue weighted by molar-refractivity contribution is 0.661. The van der Waals surface area contributed by atoms with Crippen LogP contribution in [0.5, 0.6) is 0 Å². The molecule has 1 aliphatic carbocycles. The van der Waals surface area contributed by atoms with Crippen LogP contribution in [-0.4, -0.2) is 9.97 Å². The monoisotopic (exact) mass is 752 g/mol. The van der Waals surface area contributed by atoms with Gasteiger partial charge in [-0.2, -0.15) is 0 Å². The second-order valence-electron chi connectivity index (χ2n) is 16.1. The van der Waals surface area contributed by atoms with Gasteiger partial charge in [0, 0.05) is 22.1 Å². The molecule has 0 saturated carbocycles. The van der Waals surface area contributed by atoms with Crippen molar-refractivity contribution in [3.63, 3.8) is 0 Å². The highest BCUT2D eigenvalue weighted by Crippen LogP contribution is 2.55. The van der Waals surface area contributed by atoms with Gasteiger partial charge in [-0.25, -0.2) is 9.97 Å². The van der Waals surface area contributed by atoms with Crippen LogP contribution < -0.4 is 0 Å². The van der Waals surface area contributed by atoms with Crippen molar-refractivity contribution < 1.29 is 0 Å². The summed E-state index contributed by atoms with van der Waals surface area (Å²) < 4.78 is 0. The molecule has 0 unspecified atom stereocenters. The summed E-state index contributed by atoms with van der Waals surface area (Å²) in [5, 5.41) is 4.87. The summed E-state index contributed by atoms with van der Waals surface area (Å²) in [6.45, 7) is 4.73. The Morgan fingerprint density at radius 3 is 1.63 bits per heavy atom. The number of rotatable bonds is 6. The summed E-state index contributed by atoms with van der Waals surface area (Å²) in [4.78, 5) is 10.8. The quantitative estimate of drug-likeness (QED) is 0.169. The predicted octanol–water partition coefficient (Wildman–Crippen LogP) is 15.1. The third-order valence-corrected chi connectivity index (χ3v) is 12.3. The average Bonchev–Trinajstić information content (AvgIpc) is 3.55. The van der Waals surface area contributed by atoms with E-state index in [1.165, 1.54) is 60.7 Å². The molecule has 0 aliphatic heterocycles. The van der Waals surface area contributed by atoms with E-state index in [9.17, 15) is 0 Å². The van der Waals surface area contributed by atoms with Gasteiger partial charge in [0.15, 0.2) is 5.82 Å². The molecule has 0 bridgehead atoms. The van der Waals surface area contributed by atoms with Crippen LogP contribution in [0.3, 0.4) is 0 Å². The Balaban J connectivity index is 1.09. The van der Waals surface area contributed by atoms with Gasteiger partial charge in [-0.15, -0.1) is 0 Å². The van der Waals surface area contributed by atoms with E-state index < -0.39 is 0 Å². The zero-order valence-electron chi connectivity index (χ0n) is 33.0. The van der Waals surface area contributed by atoms with E-state index in [1.807, 2.05) is 0 Å². The Labute approximate surface area is 345 Å². The molecule has 1 aromatic heterocycles. The highest BCUT2D eigenvalue weighted by atomic mass is 14.9. The molecular weight excluding hydrogens is 713 g/mol. The van der Waals surface area contributed by atoms with E-state index in [0.717, 1.165) is 44.6 Å². The highest BCUT2D eigenvalue weighted by molar-refractivity contribution is 6.11. The first-order valence-electron chi connectivity index (χ1n) is 20.4. The second-order valence-corrected chi connectivity index (χ2v) is 16.1. The van der Waals surface area contributed by atoms with E-state index in [-0.39, 0.29) is 5.41 Å². The lowest BCUT2D eigenvalue weighted by atomic mass is 9.81. The number of hydrogen-bond donors (Lipinski definition) is 0. The Hall–Kier alpha value is -7.42. The molecule has 0 N–H and O–H groups in total. The summed E-state index contributed by atoms with van der Waals surface area (Å²) in [5.74, 6) is 0.703. The fourth-order valence-electron chi connectivity index (χ4n) is 9.40. The van der Waals surface area contributed by atoms with E-state index in [0.29, 0.717) is 5.82 Å². The Bertz CT molecular complexity index is 3220. The van der Waals surface area contributed by atoms with Crippen molar-refractivity contribution in [1.29, 1.82) is 0 Å². The zero-order chi connectivity index (χ0) is 39.5. The molecule has 278 valence electrons. The van der Waals surface area contributed by atoms with E-state index in [1.54, 1.807) is 0 Å². The van der Waals surface area contributed by atoms with Crippen LogP contribution in [0.25, 0.3) is 100.0 Å². The van der Waals surface area contributed by atoms with Gasteiger partial charge in [-0.05, 0) is 89.3 Å². The molecule has 1 aliphatic rings. The topological polar surface area (TPSA) is 25.8 Å². The molecule has 10 aromatic rings. The van der Waals surface area contributed by atoms with Crippen molar-refractivity contribution >= 4 is 21.5 Å². The fraction of sp³-hybridized carbons (Fsp3) is 0.0526. The van der Waals surface area contributed by atoms with Crippen molar-refractivity contribution in [2.45, 2.75) is 19.3 Å². The Morgan fingerprint density at radius 1 is 0.322 bits per heavy atom. The summed E-state index contributed by atoms with van der Waals surface area (Å²) in [6.07, 6.45) is 0. The van der Waals surface area contributed by atoms with Crippen LogP contribution in [0.4, 0.5) is 0 Å². The van der Waals surface area contributed by atoms with E-state index >= 15 is 0 Å². The normalized spacial score (nSPS) is 12.7. The number of benzene rings is 9. The van der Waals surface area contributed by atoms with Crippen LogP contribution >= 0.6 is 0 Å². The molecule has 1 heterocycles. The number of hydrogen-bond acceptors (Lipinski definition) is 2. The van der Waals surface area contributed by atoms with Gasteiger partial charge in [0.2, 0.25) is 0 Å². The molecule has 0 radical (unpaired) electrons. The van der Waals surface area contributed by atoms with Crippen molar-refractivity contribution in [3.8, 4) is 78.4 Å². The van der Waals surface area contributed by atoms with Crippen LogP contribution in [0.15, 0.2) is 206 Å². The maximum Gasteiger partial charge on any atom is 0.161 e. The van der Waals surface area contributed by atoms with Gasteiger partial charge in [0.1, 0.15) is 0 Å². The molecule has 0 fully saturated rings. The van der Waals surface area contributed by atoms with E-state index in [2.05, 4.69) is 220 Å². The lowest BCUT2D eigenvalue weighted by Gasteiger charge is -2.22. The summed E-state index contributed by atoms with van der Waals surface area (Å²) in [7, 11) is 0. The molecule has 0 atom stereocenters. The molecule has 0 spiro atoms. The summed E-state index contributed by atoms with van der Waals surface area (Å²) in [5.41, 5.74) is 17.3. The minimum absolute atomic E-state index is 0.122. The molecule has 11 rings (SSSR count). The van der Waals surface area contributed by atoms with Gasteiger partial charge < -0.3 is 0 Å². The SMILES string of the molecule is CC1(C)c2cccc(-c3ccc(-c4nc(-c5ccccc5)cc(-c5ccccc5-c5ccc(-c6ccccc6)cc5)n4)c4ccccc34)c2-c2c1ccc1ccccc21. The molecule has 2 heteroatoms. The number of nitrogens with zero attached hydrogens (tertiary/aromatic N) is 2. The first-order valence-corrected chi connectivity index (χ1v) is 20.4. The molecule has 0 amide bonds. The van der Waals surface area contributed by atoms with Gasteiger partial charge in [0.25, 0.3) is 0 Å². The third kappa shape index (κ3) is 5.79. The first-order chi connectivity index (χ1) is 29.0. The number of fused-ring (bicyclic) bond motifs is 6. The summed E-state index contributed by atoms with van der Waals surface area (Å²) >= 11 is 0. The largest absolute Gasteiger partial charge is 0.228 e. The van der Waals surface area contributed by atoms with Crippen molar-refractivity contribution in [2.75, 3.05) is 0 Å². The van der Waals surface area contributed by atoms with Crippen LogP contribution in [0.1, 0.15) is 25.0 Å². The smallest absolute Gasteiger partial charge is 0.161 e. The standard InChI is InChI=1S/C57H40N2/c1-57(2)50-27-15-26-48(55(50)54-43-22-10-9-18-39(43)32-35-51(54)57)46-33-34-49(45-24-13-12-23-44(45)46)56-58-52(41-19-7-4-8-20-41)36-53(59-56)47-25-14-11-21-42(47)40-30-28-38(29-31-40)37-16-5-3-6-17-37/h3-36H,1-2H3. The minimum Gasteiger partial charge on any atom is -0.228 e. The Morgan fingerprint density at radius 2 is 0.864 bits per heavy atom. The second kappa shape index (κ2) is 13.9. The van der Waals surface area contributed by atoms with Crippen LogP contribution in [-0.2, 0) is 5.41 Å². The maximum absolute atomic E-state index is 5.43. The first kappa shape index (κ1) is 34.8. The van der Waals surface area contributed by atoms with Gasteiger partial charge in [-0.1, -0.05) is 208 Å². The lowest BCUT2D eigenvalue weighted by Crippen LogP contribution is -2.14. The molecule has 2 nitrogen and oxygen atoms in total. The van der Waals surface area contributed by atoms with Crippen LogP contribution in [0.2, 0.25) is 0 Å². The molecule has 59 heavy (non-hydrogen) atoms. The minimum atomic E-state index is -0.122. The summed E-state index contributed by atoms with van der Waals surface area (Å²) in [6, 6.07) is 74.2. The van der Waals surface area contributed by atoms with Crippen molar-refractivity contribution in [2.24, 2.45) is 0 Å². The molecule has 0 saturated heterocycles. The van der Waals surface area contributed by atoms with E-state index in [4.69, 9.17) is 9.97 Å². The van der Waals surface area contributed by atoms with Gasteiger partial charge >= 0.3 is 0 Å². The maximum atomic E-state index is 5.43. The van der Waals surface area contributed by atoms with Gasteiger partial charge in [0.05, 0.1) is 11.4 Å². The third-order valence-electron chi connectivity index (χ3n) is 12.3.